The molecule has 0 spiro atoms. The van der Waals surface area contributed by atoms with Crippen LogP contribution in [0.5, 0.6) is 0 Å². The fourth-order valence-corrected chi connectivity index (χ4v) is 2.84. The monoisotopic (exact) mass is 346 g/mol. The van der Waals surface area contributed by atoms with Crippen LogP contribution in [0.3, 0.4) is 0 Å². The van der Waals surface area contributed by atoms with Crippen molar-refractivity contribution in [2.75, 3.05) is 13.7 Å². The number of alkyl halides is 1. The second kappa shape index (κ2) is 9.06. The molecule has 1 aliphatic rings. The van der Waals surface area contributed by atoms with Crippen LogP contribution in [0.1, 0.15) is 11.1 Å². The van der Waals surface area contributed by atoms with Crippen LogP contribution in [0.2, 0.25) is 0 Å². The maximum Gasteiger partial charge on any atom is 0.191 e. The minimum absolute atomic E-state index is 0.245. The summed E-state index contributed by atoms with van der Waals surface area (Å²) in [6.07, 6.45) is -3.50. The maximum absolute atomic E-state index is 14.5. The number of methoxy groups -OCH3 is 1. The molecule has 0 aromatic heterocycles. The summed E-state index contributed by atoms with van der Waals surface area (Å²) in [5, 5.41) is 0. The fourth-order valence-electron chi connectivity index (χ4n) is 2.84. The predicted molar refractivity (Wildman–Crippen MR) is 91.7 cm³/mol. The molecule has 1 heterocycles. The van der Waals surface area contributed by atoms with Gasteiger partial charge in [0.15, 0.2) is 12.5 Å². The van der Waals surface area contributed by atoms with Crippen molar-refractivity contribution in [3.8, 4) is 0 Å². The van der Waals surface area contributed by atoms with E-state index in [1.807, 2.05) is 60.7 Å². The number of hydrogen-bond donors (Lipinski definition) is 0. The standard InChI is InChI=1S/C20H23FO4/c1-22-20-18(21)19(24-13-16-10-6-3-7-11-16)17(25-20)14-23-12-15-8-4-2-5-9-15/h2-11,17-20H,12-14H2,1H3/t17-,18-,19-,20-/m1/s1. The molecular weight excluding hydrogens is 323 g/mol. The van der Waals surface area contributed by atoms with Gasteiger partial charge in [0.25, 0.3) is 0 Å². The van der Waals surface area contributed by atoms with Crippen LogP contribution < -0.4 is 0 Å². The highest BCUT2D eigenvalue weighted by molar-refractivity contribution is 5.14. The van der Waals surface area contributed by atoms with Crippen LogP contribution in [-0.2, 0) is 32.2 Å². The first kappa shape index (κ1) is 18.0. The van der Waals surface area contributed by atoms with E-state index in [-0.39, 0.29) is 6.61 Å². The van der Waals surface area contributed by atoms with Gasteiger partial charge in [-0.1, -0.05) is 60.7 Å². The molecule has 0 amide bonds. The number of rotatable bonds is 8. The molecule has 0 aliphatic carbocycles. The van der Waals surface area contributed by atoms with Gasteiger partial charge in [0.2, 0.25) is 0 Å². The molecule has 3 rings (SSSR count). The second-order valence-electron chi connectivity index (χ2n) is 5.98. The molecule has 4 nitrogen and oxygen atoms in total. The van der Waals surface area contributed by atoms with Crippen LogP contribution in [-0.4, -0.2) is 38.4 Å². The van der Waals surface area contributed by atoms with E-state index in [9.17, 15) is 4.39 Å². The van der Waals surface area contributed by atoms with Gasteiger partial charge in [-0.15, -0.1) is 0 Å². The Morgan fingerprint density at radius 1 is 0.920 bits per heavy atom. The summed E-state index contributed by atoms with van der Waals surface area (Å²) in [5.74, 6) is 0. The van der Waals surface area contributed by atoms with Crippen LogP contribution in [0.15, 0.2) is 60.7 Å². The Kier molecular flexibility index (Phi) is 6.53. The normalized spacial score (nSPS) is 26.0. The number of ether oxygens (including phenoxy) is 4. The molecule has 0 N–H and O–H groups in total. The molecule has 0 saturated carbocycles. The first-order valence-corrected chi connectivity index (χ1v) is 8.37. The van der Waals surface area contributed by atoms with Crippen molar-refractivity contribution in [3.05, 3.63) is 71.8 Å². The highest BCUT2D eigenvalue weighted by Crippen LogP contribution is 2.28. The highest BCUT2D eigenvalue weighted by Gasteiger charge is 2.46. The largest absolute Gasteiger partial charge is 0.374 e. The Morgan fingerprint density at radius 2 is 1.52 bits per heavy atom. The van der Waals surface area contributed by atoms with E-state index < -0.39 is 24.7 Å². The van der Waals surface area contributed by atoms with E-state index in [1.165, 1.54) is 7.11 Å². The first-order valence-electron chi connectivity index (χ1n) is 8.37. The Hall–Kier alpha value is -1.79. The van der Waals surface area contributed by atoms with E-state index in [4.69, 9.17) is 18.9 Å². The second-order valence-corrected chi connectivity index (χ2v) is 5.98. The molecule has 0 radical (unpaired) electrons. The summed E-state index contributed by atoms with van der Waals surface area (Å²) in [4.78, 5) is 0. The molecule has 4 atom stereocenters. The van der Waals surface area contributed by atoms with Gasteiger partial charge in [0, 0.05) is 7.11 Å². The molecule has 1 saturated heterocycles. The Balaban J connectivity index is 1.55. The Morgan fingerprint density at radius 3 is 2.12 bits per heavy atom. The van der Waals surface area contributed by atoms with E-state index in [0.717, 1.165) is 11.1 Å². The van der Waals surface area contributed by atoms with E-state index in [2.05, 4.69) is 0 Å². The predicted octanol–water partition coefficient (Wildman–Crippen LogP) is 3.50. The molecule has 0 unspecified atom stereocenters. The van der Waals surface area contributed by atoms with Crippen LogP contribution in [0, 0.1) is 0 Å². The van der Waals surface area contributed by atoms with Crippen LogP contribution in [0.4, 0.5) is 4.39 Å². The summed E-state index contributed by atoms with van der Waals surface area (Å²) in [6.45, 7) is 1.01. The molecule has 134 valence electrons. The first-order chi connectivity index (χ1) is 12.3. The number of halogens is 1. The lowest BCUT2D eigenvalue weighted by Gasteiger charge is -2.20. The van der Waals surface area contributed by atoms with Crippen molar-refractivity contribution in [2.24, 2.45) is 0 Å². The van der Waals surface area contributed by atoms with Crippen molar-refractivity contribution in [1.82, 2.24) is 0 Å². The third-order valence-corrected chi connectivity index (χ3v) is 4.16. The minimum Gasteiger partial charge on any atom is -0.374 e. The minimum atomic E-state index is -1.35. The SMILES string of the molecule is CO[C@@H]1O[C@H](COCc2ccccc2)[C@@H](OCc2ccccc2)[C@H]1F. The third-order valence-electron chi connectivity index (χ3n) is 4.16. The van der Waals surface area contributed by atoms with Crippen LogP contribution >= 0.6 is 0 Å². The zero-order valence-corrected chi connectivity index (χ0v) is 14.2. The number of benzene rings is 2. The van der Waals surface area contributed by atoms with Crippen LogP contribution in [0.25, 0.3) is 0 Å². The third kappa shape index (κ3) is 4.86. The van der Waals surface area contributed by atoms with Gasteiger partial charge < -0.3 is 18.9 Å². The quantitative estimate of drug-likeness (QED) is 0.733. The van der Waals surface area contributed by atoms with Gasteiger partial charge in [-0.05, 0) is 11.1 Å². The molecule has 5 heteroatoms. The van der Waals surface area contributed by atoms with Gasteiger partial charge >= 0.3 is 0 Å². The van der Waals surface area contributed by atoms with E-state index in [1.54, 1.807) is 0 Å². The zero-order chi connectivity index (χ0) is 17.5. The lowest BCUT2D eigenvalue weighted by atomic mass is 10.1. The fraction of sp³-hybridized carbons (Fsp3) is 0.400. The van der Waals surface area contributed by atoms with E-state index >= 15 is 0 Å². The summed E-state index contributed by atoms with van der Waals surface area (Å²) in [7, 11) is 1.43. The summed E-state index contributed by atoms with van der Waals surface area (Å²) in [5.41, 5.74) is 2.04. The number of hydrogen-bond acceptors (Lipinski definition) is 4. The molecule has 1 aliphatic heterocycles. The van der Waals surface area contributed by atoms with Gasteiger partial charge in [0.1, 0.15) is 12.2 Å². The lowest BCUT2D eigenvalue weighted by Crippen LogP contribution is -2.35. The van der Waals surface area contributed by atoms with Crippen molar-refractivity contribution >= 4 is 0 Å². The maximum atomic E-state index is 14.5. The van der Waals surface area contributed by atoms with Gasteiger partial charge in [0.05, 0.1) is 19.8 Å². The van der Waals surface area contributed by atoms with Gasteiger partial charge in [-0.2, -0.15) is 0 Å². The average molecular weight is 346 g/mol. The van der Waals surface area contributed by atoms with Crippen molar-refractivity contribution in [2.45, 2.75) is 37.9 Å². The molecule has 25 heavy (non-hydrogen) atoms. The van der Waals surface area contributed by atoms with Crippen molar-refractivity contribution < 1.29 is 23.3 Å². The zero-order valence-electron chi connectivity index (χ0n) is 14.2. The molecule has 0 bridgehead atoms. The molecule has 2 aromatic carbocycles. The Labute approximate surface area is 147 Å². The lowest BCUT2D eigenvalue weighted by molar-refractivity contribution is -0.147. The van der Waals surface area contributed by atoms with Crippen molar-refractivity contribution in [3.63, 3.8) is 0 Å². The smallest absolute Gasteiger partial charge is 0.191 e. The molecule has 1 fully saturated rings. The Bertz CT molecular complexity index is 622. The average Bonchev–Trinajstić information content (AvgIpc) is 2.97. The molecular formula is C20H23FO4. The summed E-state index contributed by atoms with van der Waals surface area (Å²) in [6, 6.07) is 19.5. The van der Waals surface area contributed by atoms with Gasteiger partial charge in [-0.3, -0.25) is 0 Å². The highest BCUT2D eigenvalue weighted by atomic mass is 19.1. The van der Waals surface area contributed by atoms with Gasteiger partial charge in [-0.25, -0.2) is 4.39 Å². The molecule has 2 aromatic rings. The van der Waals surface area contributed by atoms with Crippen molar-refractivity contribution in [1.29, 1.82) is 0 Å². The van der Waals surface area contributed by atoms with E-state index in [0.29, 0.717) is 13.2 Å². The summed E-state index contributed by atoms with van der Waals surface area (Å²) < 4.78 is 36.7. The summed E-state index contributed by atoms with van der Waals surface area (Å²) >= 11 is 0. The topological polar surface area (TPSA) is 36.9 Å².